The number of H-pyrrole nitrogens is 1. The molecule has 6 heteroatoms. The maximum Gasteiger partial charge on any atom is 0.157 e. The van der Waals surface area contributed by atoms with Crippen LogP contribution in [0.25, 0.3) is 22.6 Å². The molecule has 0 aliphatic heterocycles. The maximum absolute atomic E-state index is 9.46. The molecule has 5 nitrogen and oxygen atoms in total. The zero-order valence-corrected chi connectivity index (χ0v) is 12.0. The van der Waals surface area contributed by atoms with Crippen LogP contribution in [0.2, 0.25) is 0 Å². The molecule has 0 aliphatic carbocycles. The van der Waals surface area contributed by atoms with E-state index in [1.165, 1.54) is 0 Å². The van der Waals surface area contributed by atoms with E-state index in [1.54, 1.807) is 6.20 Å². The number of aliphatic hydroxyl groups excluding tert-OH is 1. The van der Waals surface area contributed by atoms with Gasteiger partial charge in [-0.05, 0) is 30.3 Å². The summed E-state index contributed by atoms with van der Waals surface area (Å²) in [6.07, 6.45) is 1.18. The van der Waals surface area contributed by atoms with Crippen molar-refractivity contribution in [1.82, 2.24) is 15.0 Å². The van der Waals surface area contributed by atoms with E-state index in [1.807, 2.05) is 36.4 Å². The van der Waals surface area contributed by atoms with Gasteiger partial charge in [-0.15, -0.1) is 11.6 Å². The molecule has 3 N–H and O–H groups in total. The van der Waals surface area contributed by atoms with Crippen molar-refractivity contribution in [2.24, 2.45) is 0 Å². The lowest BCUT2D eigenvalue weighted by Crippen LogP contribution is -2.20. The summed E-state index contributed by atoms with van der Waals surface area (Å²) in [7, 11) is 0. The fourth-order valence-electron chi connectivity index (χ4n) is 2.03. The minimum Gasteiger partial charge on any atom is -0.390 e. The quantitative estimate of drug-likeness (QED) is 0.633. The monoisotopic (exact) mass is 302 g/mol. The molecule has 1 aromatic carbocycles. The molecule has 1 atom stereocenters. The van der Waals surface area contributed by atoms with Crippen LogP contribution in [0.15, 0.2) is 42.6 Å². The van der Waals surface area contributed by atoms with Crippen LogP contribution in [0.5, 0.6) is 0 Å². The number of aromatic nitrogens is 3. The van der Waals surface area contributed by atoms with Gasteiger partial charge in [-0.1, -0.05) is 6.07 Å². The van der Waals surface area contributed by atoms with E-state index in [9.17, 15) is 5.11 Å². The minimum absolute atomic E-state index is 0.211. The summed E-state index contributed by atoms with van der Waals surface area (Å²) in [5, 5.41) is 12.6. The Morgan fingerprint density at radius 3 is 2.95 bits per heavy atom. The predicted molar refractivity (Wildman–Crippen MR) is 84.5 cm³/mol. The number of hydrogen-bond donors (Lipinski definition) is 3. The van der Waals surface area contributed by atoms with Crippen molar-refractivity contribution in [3.05, 3.63) is 42.6 Å². The van der Waals surface area contributed by atoms with Gasteiger partial charge in [-0.25, -0.2) is 4.98 Å². The van der Waals surface area contributed by atoms with Gasteiger partial charge in [0.05, 0.1) is 23.0 Å². The third kappa shape index (κ3) is 3.15. The highest BCUT2D eigenvalue weighted by Crippen LogP contribution is 2.21. The number of aromatic amines is 1. The number of fused-ring (bicyclic) bond motifs is 1. The Kier molecular flexibility index (Phi) is 4.03. The zero-order valence-electron chi connectivity index (χ0n) is 11.3. The van der Waals surface area contributed by atoms with E-state index in [2.05, 4.69) is 20.3 Å². The van der Waals surface area contributed by atoms with Crippen molar-refractivity contribution in [3.8, 4) is 11.5 Å². The van der Waals surface area contributed by atoms with Crippen LogP contribution < -0.4 is 5.32 Å². The average Bonchev–Trinajstić information content (AvgIpc) is 2.96. The second-order valence-corrected chi connectivity index (χ2v) is 5.03. The molecular formula is C15H15ClN4O. The van der Waals surface area contributed by atoms with Gasteiger partial charge in [0.2, 0.25) is 0 Å². The number of aliphatic hydroxyl groups is 1. The highest BCUT2D eigenvalue weighted by Gasteiger charge is 2.07. The van der Waals surface area contributed by atoms with Gasteiger partial charge >= 0.3 is 0 Å². The van der Waals surface area contributed by atoms with Crippen LogP contribution in [0.3, 0.4) is 0 Å². The molecule has 0 radical (unpaired) electrons. The zero-order chi connectivity index (χ0) is 14.7. The summed E-state index contributed by atoms with van der Waals surface area (Å²) in [6.45, 7) is 0.413. The van der Waals surface area contributed by atoms with Gasteiger partial charge in [-0.3, -0.25) is 4.98 Å². The second-order valence-electron chi connectivity index (χ2n) is 4.72. The van der Waals surface area contributed by atoms with E-state index in [-0.39, 0.29) is 5.88 Å². The number of alkyl halides is 1. The molecule has 2 aromatic heterocycles. The fourth-order valence-corrected chi connectivity index (χ4v) is 2.14. The Morgan fingerprint density at radius 1 is 1.29 bits per heavy atom. The average molecular weight is 303 g/mol. The first-order chi connectivity index (χ1) is 10.3. The molecule has 0 spiro atoms. The van der Waals surface area contributed by atoms with Crippen molar-refractivity contribution in [2.45, 2.75) is 6.10 Å². The summed E-state index contributed by atoms with van der Waals surface area (Å²) in [4.78, 5) is 12.1. The first-order valence-corrected chi connectivity index (χ1v) is 7.19. The Bertz CT molecular complexity index is 729. The third-order valence-corrected chi connectivity index (χ3v) is 3.47. The summed E-state index contributed by atoms with van der Waals surface area (Å²) in [5.41, 5.74) is 3.50. The molecule has 0 aliphatic rings. The van der Waals surface area contributed by atoms with E-state index in [4.69, 9.17) is 11.6 Å². The molecule has 3 aromatic rings. The number of rotatable bonds is 5. The molecule has 0 amide bonds. The summed E-state index contributed by atoms with van der Waals surface area (Å²) in [6, 6.07) is 11.5. The standard InChI is InChI=1S/C15H15ClN4O/c16-8-11(21)9-18-10-4-5-12-14(7-10)20-15(19-12)13-3-1-2-6-17-13/h1-7,11,18,21H,8-9H2,(H,19,20). The van der Waals surface area contributed by atoms with Crippen LogP contribution in [0, 0.1) is 0 Å². The van der Waals surface area contributed by atoms with Crippen LogP contribution in [0.4, 0.5) is 5.69 Å². The first kappa shape index (κ1) is 13.9. The Morgan fingerprint density at radius 2 is 2.19 bits per heavy atom. The Hall–Kier alpha value is -2.11. The number of benzene rings is 1. The normalized spacial score (nSPS) is 12.5. The molecule has 3 rings (SSSR count). The highest BCUT2D eigenvalue weighted by molar-refractivity contribution is 6.18. The number of pyridine rings is 1. The van der Waals surface area contributed by atoms with Gasteiger partial charge in [-0.2, -0.15) is 0 Å². The number of nitrogens with zero attached hydrogens (tertiary/aromatic N) is 2. The van der Waals surface area contributed by atoms with Crippen LogP contribution in [0.1, 0.15) is 0 Å². The largest absolute Gasteiger partial charge is 0.390 e. The number of hydrogen-bond acceptors (Lipinski definition) is 4. The number of anilines is 1. The van der Waals surface area contributed by atoms with E-state index in [0.717, 1.165) is 28.2 Å². The predicted octanol–water partition coefficient (Wildman–Crippen LogP) is 2.64. The number of imidazole rings is 1. The highest BCUT2D eigenvalue weighted by atomic mass is 35.5. The smallest absolute Gasteiger partial charge is 0.157 e. The van der Waals surface area contributed by atoms with Gasteiger partial charge in [0.25, 0.3) is 0 Å². The van der Waals surface area contributed by atoms with Gasteiger partial charge in [0.15, 0.2) is 5.82 Å². The summed E-state index contributed by atoms with van der Waals surface area (Å²) >= 11 is 5.57. The molecule has 0 saturated heterocycles. The van der Waals surface area contributed by atoms with Crippen LogP contribution >= 0.6 is 11.6 Å². The minimum atomic E-state index is -0.562. The van der Waals surface area contributed by atoms with E-state index in [0.29, 0.717) is 6.54 Å². The van der Waals surface area contributed by atoms with Gasteiger partial charge < -0.3 is 15.4 Å². The van der Waals surface area contributed by atoms with Crippen LogP contribution in [-0.2, 0) is 0 Å². The lowest BCUT2D eigenvalue weighted by molar-refractivity contribution is 0.211. The SMILES string of the molecule is OC(CCl)CNc1ccc2nc(-c3ccccn3)[nH]c2c1. The molecule has 108 valence electrons. The van der Waals surface area contributed by atoms with Gasteiger partial charge in [0, 0.05) is 18.4 Å². The van der Waals surface area contributed by atoms with Crippen molar-refractivity contribution >= 4 is 28.3 Å². The van der Waals surface area contributed by atoms with Crippen molar-refractivity contribution in [2.75, 3.05) is 17.7 Å². The van der Waals surface area contributed by atoms with E-state index >= 15 is 0 Å². The van der Waals surface area contributed by atoms with Crippen molar-refractivity contribution in [1.29, 1.82) is 0 Å². The number of halogens is 1. The molecular weight excluding hydrogens is 288 g/mol. The Balaban J connectivity index is 1.85. The Labute approximate surface area is 127 Å². The second kappa shape index (κ2) is 6.11. The third-order valence-electron chi connectivity index (χ3n) is 3.11. The van der Waals surface area contributed by atoms with Crippen molar-refractivity contribution in [3.63, 3.8) is 0 Å². The molecule has 0 saturated carbocycles. The fraction of sp³-hybridized carbons (Fsp3) is 0.200. The molecule has 0 bridgehead atoms. The van der Waals surface area contributed by atoms with Crippen molar-refractivity contribution < 1.29 is 5.11 Å². The molecule has 1 unspecified atom stereocenters. The molecule has 2 heterocycles. The topological polar surface area (TPSA) is 73.8 Å². The lowest BCUT2D eigenvalue weighted by atomic mass is 10.2. The lowest BCUT2D eigenvalue weighted by Gasteiger charge is -2.09. The first-order valence-electron chi connectivity index (χ1n) is 6.65. The van der Waals surface area contributed by atoms with E-state index < -0.39 is 6.10 Å². The summed E-state index contributed by atoms with van der Waals surface area (Å²) in [5.74, 6) is 0.951. The van der Waals surface area contributed by atoms with Gasteiger partial charge in [0.1, 0.15) is 5.69 Å². The summed E-state index contributed by atoms with van der Waals surface area (Å²) < 4.78 is 0. The molecule has 21 heavy (non-hydrogen) atoms. The number of nitrogens with one attached hydrogen (secondary N) is 2. The van der Waals surface area contributed by atoms with Crippen LogP contribution in [-0.4, -0.2) is 38.6 Å². The molecule has 0 fully saturated rings. The maximum atomic E-state index is 9.46.